The van der Waals surface area contributed by atoms with Gasteiger partial charge in [-0.1, -0.05) is 129 Å². The van der Waals surface area contributed by atoms with Crippen LogP contribution in [0.25, 0.3) is 5.65 Å². The molecule has 2 heterocycles. The number of carbonyl (C=O) groups excluding carboxylic acids is 1. The third-order valence-corrected chi connectivity index (χ3v) is 8.64. The van der Waals surface area contributed by atoms with Crippen LogP contribution in [0.1, 0.15) is 141 Å². The van der Waals surface area contributed by atoms with Gasteiger partial charge in [-0.2, -0.15) is 5.10 Å². The van der Waals surface area contributed by atoms with Gasteiger partial charge >= 0.3 is 6.03 Å². The molecule has 3 rings (SSSR count). The summed E-state index contributed by atoms with van der Waals surface area (Å²) in [4.78, 5) is 14.6. The standard InChI is InChI=1S/C37H62N6O3/c1-6-8-9-10-11-12-13-14-15-16-17-18-19-20-21-24-27-45-33-25-22-23-26-34(33)46-30-38-29-31(3)36-40-43-35(28-32(7-2)39-43)42(36)37(44)41(4)5/h22-23,25-26,28,31,38H,6-21,24,27,29-30H2,1-5H3. The Bertz CT molecular complexity index is 1250. The molecule has 0 bridgehead atoms. The first kappa shape index (κ1) is 37.4. The highest BCUT2D eigenvalue weighted by atomic mass is 16.5. The molecule has 9 nitrogen and oxygen atoms in total. The molecule has 9 heteroatoms. The Balaban J connectivity index is 1.27. The molecule has 0 saturated heterocycles. The Hall–Kier alpha value is -3.07. The third kappa shape index (κ3) is 12.6. The Morgan fingerprint density at radius 2 is 1.35 bits per heavy atom. The summed E-state index contributed by atoms with van der Waals surface area (Å²) in [6.07, 6.45) is 22.6. The summed E-state index contributed by atoms with van der Waals surface area (Å²) in [6, 6.07) is 9.64. The van der Waals surface area contributed by atoms with E-state index in [-0.39, 0.29) is 11.9 Å². The largest absolute Gasteiger partial charge is 0.490 e. The second kappa shape index (κ2) is 21.7. The second-order valence-corrected chi connectivity index (χ2v) is 12.9. The number of hydrogen-bond donors (Lipinski definition) is 1. The molecule has 0 saturated carbocycles. The van der Waals surface area contributed by atoms with Crippen molar-refractivity contribution in [3.05, 3.63) is 41.9 Å². The van der Waals surface area contributed by atoms with Gasteiger partial charge in [-0.25, -0.2) is 9.36 Å². The summed E-state index contributed by atoms with van der Waals surface area (Å²) in [6.45, 7) is 7.98. The van der Waals surface area contributed by atoms with Crippen LogP contribution in [0.4, 0.5) is 4.79 Å². The van der Waals surface area contributed by atoms with Crippen LogP contribution < -0.4 is 14.8 Å². The maximum atomic E-state index is 13.0. The summed E-state index contributed by atoms with van der Waals surface area (Å²) >= 11 is 0. The maximum Gasteiger partial charge on any atom is 0.330 e. The molecule has 2 aromatic heterocycles. The van der Waals surface area contributed by atoms with Crippen molar-refractivity contribution in [1.82, 2.24) is 29.6 Å². The molecule has 0 aliphatic rings. The molecule has 1 N–H and O–H groups in total. The predicted octanol–water partition coefficient (Wildman–Crippen LogP) is 8.99. The van der Waals surface area contributed by atoms with Crippen molar-refractivity contribution < 1.29 is 14.3 Å². The molecule has 1 unspecified atom stereocenters. The van der Waals surface area contributed by atoms with Gasteiger partial charge < -0.3 is 14.4 Å². The lowest BCUT2D eigenvalue weighted by Crippen LogP contribution is -2.31. The van der Waals surface area contributed by atoms with Gasteiger partial charge in [0.1, 0.15) is 12.6 Å². The first-order valence-electron chi connectivity index (χ1n) is 18.2. The molecule has 0 fully saturated rings. The van der Waals surface area contributed by atoms with Crippen molar-refractivity contribution in [2.24, 2.45) is 0 Å². The minimum absolute atomic E-state index is 0.0410. The number of carbonyl (C=O) groups is 1. The monoisotopic (exact) mass is 638 g/mol. The molecule has 0 radical (unpaired) electrons. The molecule has 258 valence electrons. The predicted molar refractivity (Wildman–Crippen MR) is 188 cm³/mol. The Kier molecular flexibility index (Phi) is 17.6. The average Bonchev–Trinajstić information content (AvgIpc) is 3.62. The van der Waals surface area contributed by atoms with Crippen LogP contribution in [0.3, 0.4) is 0 Å². The van der Waals surface area contributed by atoms with Crippen LogP contribution in [0.2, 0.25) is 0 Å². The highest BCUT2D eigenvalue weighted by Gasteiger charge is 2.24. The van der Waals surface area contributed by atoms with Crippen LogP contribution in [0.5, 0.6) is 11.5 Å². The van der Waals surface area contributed by atoms with Crippen molar-refractivity contribution >= 4 is 11.7 Å². The van der Waals surface area contributed by atoms with E-state index in [9.17, 15) is 4.79 Å². The SMILES string of the molecule is CCCCCCCCCCCCCCCCCCOc1ccccc1OCNCC(C)c1nn2nc(CC)cc2n1C(=O)N(C)C. The number of aromatic nitrogens is 4. The zero-order valence-electron chi connectivity index (χ0n) is 29.6. The van der Waals surface area contributed by atoms with Crippen molar-refractivity contribution in [3.8, 4) is 11.5 Å². The Morgan fingerprint density at radius 1 is 0.804 bits per heavy atom. The summed E-state index contributed by atoms with van der Waals surface area (Å²) in [5.74, 6) is 2.13. The highest BCUT2D eigenvalue weighted by molar-refractivity contribution is 5.81. The van der Waals surface area contributed by atoms with Gasteiger partial charge in [-0.05, 0) is 25.0 Å². The van der Waals surface area contributed by atoms with Crippen molar-refractivity contribution in [3.63, 3.8) is 0 Å². The lowest BCUT2D eigenvalue weighted by molar-refractivity contribution is 0.218. The van der Waals surface area contributed by atoms with E-state index < -0.39 is 0 Å². The molecule has 1 aromatic carbocycles. The molecule has 0 aliphatic carbocycles. The van der Waals surface area contributed by atoms with E-state index >= 15 is 0 Å². The quantitative estimate of drug-likeness (QED) is 0.0736. The second-order valence-electron chi connectivity index (χ2n) is 12.9. The van der Waals surface area contributed by atoms with Gasteiger partial charge in [-0.15, -0.1) is 9.73 Å². The first-order chi connectivity index (χ1) is 22.5. The van der Waals surface area contributed by atoms with Gasteiger partial charge in [0.25, 0.3) is 0 Å². The summed E-state index contributed by atoms with van der Waals surface area (Å²) in [7, 11) is 3.49. The Labute approximate surface area is 278 Å². The van der Waals surface area contributed by atoms with E-state index in [4.69, 9.17) is 9.47 Å². The van der Waals surface area contributed by atoms with Gasteiger partial charge in [0, 0.05) is 32.6 Å². The topological polar surface area (TPSA) is 85.9 Å². The lowest BCUT2D eigenvalue weighted by atomic mass is 10.0. The average molecular weight is 639 g/mol. The van der Waals surface area contributed by atoms with Gasteiger partial charge in [0.2, 0.25) is 0 Å². The fourth-order valence-corrected chi connectivity index (χ4v) is 5.80. The summed E-state index contributed by atoms with van der Waals surface area (Å²) < 4.78 is 15.4. The van der Waals surface area contributed by atoms with Crippen molar-refractivity contribution in [2.75, 3.05) is 34.0 Å². The number of rotatable bonds is 25. The van der Waals surface area contributed by atoms with Crippen molar-refractivity contribution in [2.45, 2.75) is 136 Å². The van der Waals surface area contributed by atoms with Gasteiger partial charge in [0.05, 0.1) is 12.3 Å². The molecular weight excluding hydrogens is 576 g/mol. The maximum absolute atomic E-state index is 13.0. The third-order valence-electron chi connectivity index (χ3n) is 8.64. The zero-order chi connectivity index (χ0) is 33.0. The molecule has 0 spiro atoms. The number of nitrogens with zero attached hydrogens (tertiary/aromatic N) is 5. The number of hydrogen-bond acceptors (Lipinski definition) is 6. The van der Waals surface area contributed by atoms with E-state index in [0.717, 1.165) is 30.0 Å². The number of para-hydroxylation sites is 2. The number of amides is 1. The van der Waals surface area contributed by atoms with Gasteiger partial charge in [0.15, 0.2) is 17.1 Å². The number of nitrogens with one attached hydrogen (secondary N) is 1. The normalized spacial score (nSPS) is 12.1. The Morgan fingerprint density at radius 3 is 1.89 bits per heavy atom. The lowest BCUT2D eigenvalue weighted by Gasteiger charge is -2.17. The molecule has 1 amide bonds. The minimum Gasteiger partial charge on any atom is -0.490 e. The van der Waals surface area contributed by atoms with E-state index in [1.165, 1.54) is 96.3 Å². The number of unbranched alkanes of at least 4 members (excludes halogenated alkanes) is 15. The van der Waals surface area contributed by atoms with Crippen LogP contribution in [-0.4, -0.2) is 64.3 Å². The first-order valence-corrected chi connectivity index (χ1v) is 18.2. The van der Waals surface area contributed by atoms with E-state index in [2.05, 4.69) is 22.4 Å². The smallest absolute Gasteiger partial charge is 0.330 e. The van der Waals surface area contributed by atoms with E-state index in [1.807, 2.05) is 44.2 Å². The number of ether oxygens (including phenoxy) is 2. The number of benzene rings is 1. The molecule has 3 aromatic rings. The van der Waals surface area contributed by atoms with E-state index in [1.54, 1.807) is 28.2 Å². The fraction of sp³-hybridized carbons (Fsp3) is 0.703. The number of fused-ring (bicyclic) bond motifs is 1. The molecule has 46 heavy (non-hydrogen) atoms. The number of aryl methyl sites for hydroxylation is 1. The van der Waals surface area contributed by atoms with Crippen LogP contribution >= 0.6 is 0 Å². The van der Waals surface area contributed by atoms with Crippen LogP contribution in [-0.2, 0) is 6.42 Å². The fourth-order valence-electron chi connectivity index (χ4n) is 5.80. The van der Waals surface area contributed by atoms with Gasteiger partial charge in [-0.3, -0.25) is 5.32 Å². The van der Waals surface area contributed by atoms with E-state index in [0.29, 0.717) is 31.4 Å². The zero-order valence-corrected chi connectivity index (χ0v) is 29.6. The highest BCUT2D eigenvalue weighted by Crippen LogP contribution is 2.27. The van der Waals surface area contributed by atoms with Crippen LogP contribution in [0, 0.1) is 0 Å². The summed E-state index contributed by atoms with van der Waals surface area (Å²) in [5.41, 5.74) is 1.59. The summed E-state index contributed by atoms with van der Waals surface area (Å²) in [5, 5.41) is 12.5. The van der Waals surface area contributed by atoms with Crippen LogP contribution in [0.15, 0.2) is 30.3 Å². The van der Waals surface area contributed by atoms with Crippen molar-refractivity contribution in [1.29, 1.82) is 0 Å². The minimum atomic E-state index is -0.140. The molecule has 1 atom stereocenters. The molecule has 0 aliphatic heterocycles. The molecular formula is C37H62N6O3.